The first-order chi connectivity index (χ1) is 42.2. The first kappa shape index (κ1) is 33.4. The van der Waals surface area contributed by atoms with Gasteiger partial charge in [-0.1, -0.05) is 157 Å². The van der Waals surface area contributed by atoms with Gasteiger partial charge in [0.05, 0.1) is 97.4 Å². The maximum Gasteiger partial charge on any atom is 0.237 e. The number of para-hydroxylation sites is 6. The predicted octanol–water partition coefficient (Wildman–Crippen LogP) is 19.1. The Bertz CT molecular complexity index is 5950. The van der Waals surface area contributed by atoms with Crippen LogP contribution in [0.3, 0.4) is 0 Å². The fraction of sp³-hybridized carbons (Fsp3) is 0.0145. The van der Waals surface area contributed by atoms with Crippen molar-refractivity contribution in [2.75, 3.05) is 0 Å². The van der Waals surface area contributed by atoms with Crippen molar-refractivity contribution >= 4 is 146 Å². The van der Waals surface area contributed by atoms with Crippen molar-refractivity contribution in [3.8, 4) is 28.8 Å². The Kier molecular flexibility index (Phi) is 6.67. The van der Waals surface area contributed by atoms with E-state index >= 15 is 0 Å². The molecule has 6 aromatic heterocycles. The molecule has 8 heteroatoms. The molecule has 17 aromatic rings. The van der Waals surface area contributed by atoms with Crippen LogP contribution in [0.15, 0.2) is 217 Å². The second-order valence-electron chi connectivity index (χ2n) is 19.4. The number of nitriles is 1. The Morgan fingerprint density at radius 2 is 1.03 bits per heavy atom. The first-order valence-corrected chi connectivity index (χ1v) is 25.8. The van der Waals surface area contributed by atoms with Crippen LogP contribution in [0.2, 0.25) is 0 Å². The van der Waals surface area contributed by atoms with Gasteiger partial charge < -0.3 is 22.7 Å². The summed E-state index contributed by atoms with van der Waals surface area (Å²) in [6.07, 6.45) is 0. The zero-order valence-electron chi connectivity index (χ0n) is 50.4. The highest BCUT2D eigenvalue weighted by Crippen LogP contribution is 2.54. The molecule has 0 aliphatic rings. The molecule has 0 fully saturated rings. The molecule has 0 unspecified atom stereocenters. The predicted molar refractivity (Wildman–Crippen MR) is 320 cm³/mol. The van der Waals surface area contributed by atoms with Crippen LogP contribution in [0.25, 0.3) is 157 Å². The third-order valence-electron chi connectivity index (χ3n) is 15.5. The van der Waals surface area contributed by atoms with Crippen molar-refractivity contribution in [1.29, 1.82) is 5.26 Å². The number of rotatable bonds is 4. The second-order valence-corrected chi connectivity index (χ2v) is 20.5. The highest BCUT2D eigenvalue weighted by molar-refractivity contribution is 7.26. The minimum absolute atomic E-state index is 0.0102. The van der Waals surface area contributed by atoms with E-state index in [0.29, 0.717) is 27.6 Å². The lowest BCUT2D eigenvalue weighted by atomic mass is 10.0. The topological polar surface area (TPSA) is 61.0 Å². The maximum atomic E-state index is 12.9. The molecule has 17 rings (SSSR count). The normalized spacial score (nSPS) is 14.0. The monoisotopic (exact) mass is 1010 g/mol. The number of nitrogens with zero attached hydrogens (tertiary/aromatic N) is 6. The zero-order valence-corrected chi connectivity index (χ0v) is 41.3. The van der Waals surface area contributed by atoms with Gasteiger partial charge in [0.2, 0.25) is 5.69 Å². The van der Waals surface area contributed by atoms with Gasteiger partial charge in [0, 0.05) is 69.3 Å². The highest BCUT2D eigenvalue weighted by atomic mass is 32.1. The Balaban J connectivity index is 1.25. The highest BCUT2D eigenvalue weighted by Gasteiger charge is 2.35. The van der Waals surface area contributed by atoms with Crippen molar-refractivity contribution in [2.45, 2.75) is 6.92 Å². The molecule has 0 bridgehead atoms. The standard InChI is InChI=1S/C69H38N6OS/c1-39-31-36-58-51(37-39)48-33-35-50-46-23-9-16-30-60(46)77-69(50)65(48)74(58)62-52(38-70)63(72-53-24-10-3-17-40(53)41-18-4-11-25-54(41)72)67(66(61(62)71-2)73-55-26-12-5-19-42(55)43-20-6-13-27-56(43)73)75-57-28-14-7-21-44(57)47-32-34-49-45-22-8-15-29-59(45)76-68(49)64(47)75/h3-37H,1H3/i7D,8D,14D,15D,21D,22D,28D,29D,32D,34D. The van der Waals surface area contributed by atoms with Crippen molar-refractivity contribution in [3.05, 3.63) is 235 Å². The molecule has 7 nitrogen and oxygen atoms in total. The summed E-state index contributed by atoms with van der Waals surface area (Å²) in [6, 6.07) is 46.7. The van der Waals surface area contributed by atoms with Crippen LogP contribution in [-0.2, 0) is 0 Å². The number of aromatic nitrogens is 4. The number of fused-ring (bicyclic) bond motifs is 20. The van der Waals surface area contributed by atoms with Crippen LogP contribution in [0.5, 0.6) is 0 Å². The van der Waals surface area contributed by atoms with E-state index in [0.717, 1.165) is 63.6 Å². The zero-order chi connectivity index (χ0) is 59.5. The van der Waals surface area contributed by atoms with Gasteiger partial charge in [0.15, 0.2) is 5.58 Å². The fourth-order valence-corrected chi connectivity index (χ4v) is 13.7. The van der Waals surface area contributed by atoms with E-state index in [1.165, 1.54) is 0 Å². The van der Waals surface area contributed by atoms with E-state index in [4.69, 9.17) is 7.16 Å². The fourth-order valence-electron chi connectivity index (χ4n) is 12.5. The summed E-state index contributed by atoms with van der Waals surface area (Å²) in [5, 5.41) is 19.2. The second kappa shape index (κ2) is 15.3. The molecule has 0 atom stereocenters. The van der Waals surface area contributed by atoms with Crippen molar-refractivity contribution in [3.63, 3.8) is 0 Å². The molecule has 0 saturated heterocycles. The minimum atomic E-state index is -0.637. The largest absolute Gasteiger partial charge is 0.454 e. The van der Waals surface area contributed by atoms with Gasteiger partial charge in [-0.25, -0.2) is 4.85 Å². The summed E-state index contributed by atoms with van der Waals surface area (Å²) in [6.45, 7) is 12.0. The van der Waals surface area contributed by atoms with Crippen LogP contribution >= 0.6 is 11.3 Å². The first-order valence-electron chi connectivity index (χ1n) is 30.0. The Labute approximate surface area is 456 Å². The molecule has 0 radical (unpaired) electrons. The Morgan fingerprint density at radius 1 is 0.468 bits per heavy atom. The van der Waals surface area contributed by atoms with Crippen LogP contribution in [0.1, 0.15) is 24.8 Å². The van der Waals surface area contributed by atoms with Gasteiger partial charge >= 0.3 is 0 Å². The SMILES string of the molecule is [2H]c1c([2H])c([2H])c2c(oc3c2c([2H])c([2H])c2c4c([2H])c([2H])c([2H])c([2H])c4n(-c4c(-n5c6ccccc6c6ccccc65)c(C#N)c(-n5c6ccc(C)cc6c6ccc7c8ccccc8sc7c65)c([N+]#[C-])c4-n4c5ccccc5c5ccccc54)c32)c1[2H]. The molecular weight excluding hydrogens is 961 g/mol. The van der Waals surface area contributed by atoms with E-state index in [1.54, 1.807) is 15.9 Å². The quantitative estimate of drug-likeness (QED) is 0.165. The van der Waals surface area contributed by atoms with Gasteiger partial charge in [0.25, 0.3) is 0 Å². The number of hydrogen-bond donors (Lipinski definition) is 0. The number of benzene rings is 11. The summed E-state index contributed by atoms with van der Waals surface area (Å²) in [5.41, 5.74) is 4.69. The molecule has 0 spiro atoms. The van der Waals surface area contributed by atoms with Crippen LogP contribution in [0, 0.1) is 24.8 Å². The Morgan fingerprint density at radius 3 is 1.70 bits per heavy atom. The van der Waals surface area contributed by atoms with Gasteiger partial charge in [-0.15, -0.1) is 11.3 Å². The number of thiophene rings is 1. The van der Waals surface area contributed by atoms with Gasteiger partial charge in [-0.05, 0) is 67.5 Å². The van der Waals surface area contributed by atoms with Crippen LogP contribution < -0.4 is 0 Å². The third kappa shape index (κ3) is 5.41. The summed E-state index contributed by atoms with van der Waals surface area (Å²) >= 11 is 1.61. The molecule has 356 valence electrons. The molecule has 11 aromatic carbocycles. The Hall–Kier alpha value is -10.4. The molecule has 0 aliphatic heterocycles. The minimum Gasteiger partial charge on any atom is -0.454 e. The molecule has 0 aliphatic carbocycles. The van der Waals surface area contributed by atoms with Gasteiger partial charge in [-0.3, -0.25) is 0 Å². The molecule has 6 heterocycles. The van der Waals surface area contributed by atoms with Gasteiger partial charge in [0.1, 0.15) is 11.7 Å². The number of hydrogen-bond acceptors (Lipinski definition) is 3. The smallest absolute Gasteiger partial charge is 0.237 e. The van der Waals surface area contributed by atoms with E-state index in [1.807, 2.05) is 137 Å². The molecule has 0 saturated carbocycles. The number of furan rings is 1. The lowest BCUT2D eigenvalue weighted by Gasteiger charge is -2.27. The van der Waals surface area contributed by atoms with Crippen LogP contribution in [-0.4, -0.2) is 18.3 Å². The van der Waals surface area contributed by atoms with E-state index in [2.05, 4.69) is 45.8 Å². The maximum absolute atomic E-state index is 12.9. The molecular formula is C69H38N6OS. The summed E-state index contributed by atoms with van der Waals surface area (Å²) in [5.74, 6) is 0. The third-order valence-corrected chi connectivity index (χ3v) is 16.7. The average molecular weight is 1010 g/mol. The summed E-state index contributed by atoms with van der Waals surface area (Å²) in [7, 11) is 0. The van der Waals surface area contributed by atoms with Crippen molar-refractivity contribution < 1.29 is 18.1 Å². The molecule has 77 heavy (non-hydrogen) atoms. The summed E-state index contributed by atoms with van der Waals surface area (Å²) in [4.78, 5) is 4.68. The summed E-state index contributed by atoms with van der Waals surface area (Å²) < 4.78 is 111. The number of aryl methyl sites for hydroxylation is 1. The lowest BCUT2D eigenvalue weighted by molar-refractivity contribution is 0.671. The van der Waals surface area contributed by atoms with Crippen molar-refractivity contribution in [1.82, 2.24) is 18.3 Å². The van der Waals surface area contributed by atoms with Gasteiger partial charge in [-0.2, -0.15) is 5.26 Å². The average Bonchev–Trinajstić information content (AvgIpc) is 1.56. The van der Waals surface area contributed by atoms with E-state index in [9.17, 15) is 22.8 Å². The molecule has 0 N–H and O–H groups in total. The van der Waals surface area contributed by atoms with Crippen molar-refractivity contribution in [2.24, 2.45) is 0 Å². The van der Waals surface area contributed by atoms with Crippen LogP contribution in [0.4, 0.5) is 5.69 Å². The molecule has 0 amide bonds. The lowest BCUT2D eigenvalue weighted by Crippen LogP contribution is -2.14. The van der Waals surface area contributed by atoms with E-state index in [-0.39, 0.29) is 77.7 Å². The van der Waals surface area contributed by atoms with E-state index < -0.39 is 60.4 Å².